The van der Waals surface area contributed by atoms with Gasteiger partial charge in [-0.25, -0.2) is 13.8 Å². The molecule has 13 heavy (non-hydrogen) atoms. The summed E-state index contributed by atoms with van der Waals surface area (Å²) in [4.78, 5) is 3.46. The molecule has 1 rings (SSSR count). The lowest BCUT2D eigenvalue weighted by Gasteiger charge is -2.07. The summed E-state index contributed by atoms with van der Waals surface area (Å²) >= 11 is 8.76. The maximum atomic E-state index is 12.3. The molecule has 0 spiro atoms. The fraction of sp³-hybridized carbons (Fsp3) is 0.286. The first kappa shape index (κ1) is 10.7. The van der Waals surface area contributed by atoms with E-state index in [1.54, 1.807) is 0 Å². The highest BCUT2D eigenvalue weighted by molar-refractivity contribution is 9.08. The van der Waals surface area contributed by atoms with Crippen LogP contribution in [0, 0.1) is 0 Å². The van der Waals surface area contributed by atoms with Crippen molar-refractivity contribution in [2.45, 2.75) is 11.8 Å². The van der Waals surface area contributed by atoms with Crippen molar-refractivity contribution in [3.63, 3.8) is 0 Å². The summed E-state index contributed by atoms with van der Waals surface area (Å²) in [6.45, 7) is 0. The van der Waals surface area contributed by atoms with Crippen LogP contribution in [0.15, 0.2) is 6.07 Å². The minimum absolute atomic E-state index is 0.0268. The summed E-state index contributed by atoms with van der Waals surface area (Å²) in [5, 5.41) is 0.347. The molecule has 0 unspecified atom stereocenters. The number of pyridine rings is 1. The summed E-state index contributed by atoms with van der Waals surface area (Å²) < 4.78 is 24.6. The van der Waals surface area contributed by atoms with Gasteiger partial charge in [0.1, 0.15) is 11.5 Å². The molecule has 0 atom stereocenters. The molecule has 0 fully saturated rings. The van der Waals surface area contributed by atoms with Crippen LogP contribution in [0.25, 0.3) is 0 Å². The zero-order valence-electron chi connectivity index (χ0n) is 6.40. The van der Waals surface area contributed by atoms with Crippen molar-refractivity contribution in [2.75, 3.05) is 5.73 Å². The Bertz CT molecular complexity index is 320. The summed E-state index contributed by atoms with van der Waals surface area (Å²) in [7, 11) is 0. The third kappa shape index (κ3) is 2.28. The third-order valence-corrected chi connectivity index (χ3v) is 2.47. The molecule has 0 aliphatic heterocycles. The molecule has 1 aromatic rings. The van der Waals surface area contributed by atoms with Gasteiger partial charge in [0.25, 0.3) is 6.43 Å². The van der Waals surface area contributed by atoms with Gasteiger partial charge in [-0.3, -0.25) is 0 Å². The Kier molecular flexibility index (Phi) is 3.44. The molecule has 0 saturated heterocycles. The lowest BCUT2D eigenvalue weighted by Crippen LogP contribution is -2.00. The highest BCUT2D eigenvalue weighted by Gasteiger charge is 2.17. The van der Waals surface area contributed by atoms with Gasteiger partial charge in [0.2, 0.25) is 0 Å². The number of halogens is 4. The van der Waals surface area contributed by atoms with E-state index in [4.69, 9.17) is 17.3 Å². The Morgan fingerprint density at radius 2 is 2.23 bits per heavy atom. The van der Waals surface area contributed by atoms with Crippen LogP contribution >= 0.6 is 27.5 Å². The number of hydrogen-bond donors (Lipinski definition) is 1. The zero-order chi connectivity index (χ0) is 10.0. The van der Waals surface area contributed by atoms with E-state index < -0.39 is 12.1 Å². The molecule has 0 aliphatic rings. The predicted octanol–water partition coefficient (Wildman–Crippen LogP) is 3.15. The number of hydrogen-bond acceptors (Lipinski definition) is 2. The SMILES string of the molecule is Nc1cc(CBr)c(Cl)c(C(F)F)n1. The minimum Gasteiger partial charge on any atom is -0.384 e. The maximum absolute atomic E-state index is 12.3. The van der Waals surface area contributed by atoms with Gasteiger partial charge in [-0.2, -0.15) is 0 Å². The second kappa shape index (κ2) is 4.19. The number of anilines is 1. The first-order valence-electron chi connectivity index (χ1n) is 3.35. The van der Waals surface area contributed by atoms with Gasteiger partial charge in [0.15, 0.2) is 0 Å². The molecule has 0 radical (unpaired) electrons. The zero-order valence-corrected chi connectivity index (χ0v) is 8.74. The molecule has 1 aromatic heterocycles. The van der Waals surface area contributed by atoms with Crippen molar-refractivity contribution in [3.8, 4) is 0 Å². The topological polar surface area (TPSA) is 38.9 Å². The number of nitrogens with two attached hydrogens (primary N) is 1. The molecule has 6 heteroatoms. The van der Waals surface area contributed by atoms with Crippen molar-refractivity contribution in [1.29, 1.82) is 0 Å². The smallest absolute Gasteiger partial charge is 0.281 e. The quantitative estimate of drug-likeness (QED) is 0.839. The first-order valence-corrected chi connectivity index (χ1v) is 4.85. The number of alkyl halides is 3. The van der Waals surface area contributed by atoms with Gasteiger partial charge in [-0.05, 0) is 11.6 Å². The fourth-order valence-electron chi connectivity index (χ4n) is 0.869. The lowest BCUT2D eigenvalue weighted by atomic mass is 10.2. The highest BCUT2D eigenvalue weighted by Crippen LogP contribution is 2.30. The third-order valence-electron chi connectivity index (χ3n) is 1.43. The summed E-state index contributed by atoms with van der Waals surface area (Å²) in [5.41, 5.74) is 5.37. The minimum atomic E-state index is -2.70. The van der Waals surface area contributed by atoms with Crippen LogP contribution in [-0.4, -0.2) is 4.98 Å². The second-order valence-corrected chi connectivity index (χ2v) is 3.28. The molecule has 0 bridgehead atoms. The van der Waals surface area contributed by atoms with Crippen molar-refractivity contribution in [2.24, 2.45) is 0 Å². The van der Waals surface area contributed by atoms with Gasteiger partial charge in [-0.15, -0.1) is 0 Å². The molecule has 0 aliphatic carbocycles. The molecule has 2 N–H and O–H groups in total. The monoisotopic (exact) mass is 270 g/mol. The highest BCUT2D eigenvalue weighted by atomic mass is 79.9. The Balaban J connectivity index is 3.27. The average Bonchev–Trinajstić information content (AvgIpc) is 2.08. The Hall–Kier alpha value is -0.420. The van der Waals surface area contributed by atoms with Crippen molar-refractivity contribution in [1.82, 2.24) is 4.98 Å². The van der Waals surface area contributed by atoms with Gasteiger partial charge in [0, 0.05) is 5.33 Å². The number of nitrogen functional groups attached to an aromatic ring is 1. The largest absolute Gasteiger partial charge is 0.384 e. The van der Waals surface area contributed by atoms with Crippen LogP contribution in [0.2, 0.25) is 5.02 Å². The van der Waals surface area contributed by atoms with Crippen LogP contribution < -0.4 is 5.73 Å². The molecular weight excluding hydrogens is 265 g/mol. The van der Waals surface area contributed by atoms with E-state index in [1.165, 1.54) is 6.07 Å². The molecule has 0 aromatic carbocycles. The molecule has 2 nitrogen and oxygen atoms in total. The van der Waals surface area contributed by atoms with Crippen LogP contribution in [-0.2, 0) is 5.33 Å². The summed E-state index contributed by atoms with van der Waals surface area (Å²) in [5.74, 6) is 0.0501. The van der Waals surface area contributed by atoms with Crippen molar-refractivity contribution < 1.29 is 8.78 Å². The van der Waals surface area contributed by atoms with Gasteiger partial charge >= 0.3 is 0 Å². The fourth-order valence-corrected chi connectivity index (χ4v) is 1.72. The van der Waals surface area contributed by atoms with E-state index >= 15 is 0 Å². The summed E-state index contributed by atoms with van der Waals surface area (Å²) in [6, 6.07) is 1.46. The van der Waals surface area contributed by atoms with Crippen molar-refractivity contribution in [3.05, 3.63) is 22.3 Å². The lowest BCUT2D eigenvalue weighted by molar-refractivity contribution is 0.146. The molecular formula is C7H6BrClF2N2. The standard InChI is InChI=1S/C7H6BrClF2N2/c8-2-3-1-4(12)13-6(5(3)9)7(10)11/h1,7H,2H2,(H2,12,13). The molecule has 72 valence electrons. The van der Waals surface area contributed by atoms with E-state index in [9.17, 15) is 8.78 Å². The van der Waals surface area contributed by atoms with Crippen LogP contribution in [0.1, 0.15) is 17.7 Å². The van der Waals surface area contributed by atoms with Gasteiger partial charge in [-0.1, -0.05) is 27.5 Å². The van der Waals surface area contributed by atoms with E-state index in [-0.39, 0.29) is 10.8 Å². The van der Waals surface area contributed by atoms with E-state index in [0.29, 0.717) is 10.9 Å². The Labute approximate surface area is 87.2 Å². The van der Waals surface area contributed by atoms with Crippen LogP contribution in [0.3, 0.4) is 0 Å². The number of aromatic nitrogens is 1. The average molecular weight is 271 g/mol. The van der Waals surface area contributed by atoms with Crippen LogP contribution in [0.5, 0.6) is 0 Å². The number of rotatable bonds is 2. The maximum Gasteiger partial charge on any atom is 0.281 e. The normalized spacial score (nSPS) is 10.8. The van der Waals surface area contributed by atoms with E-state index in [0.717, 1.165) is 0 Å². The van der Waals surface area contributed by atoms with E-state index in [1.807, 2.05) is 0 Å². The molecule has 0 amide bonds. The van der Waals surface area contributed by atoms with Gasteiger partial charge in [0.05, 0.1) is 5.02 Å². The first-order chi connectivity index (χ1) is 6.06. The number of nitrogens with zero attached hydrogens (tertiary/aromatic N) is 1. The predicted molar refractivity (Wildman–Crippen MR) is 51.2 cm³/mol. The molecule has 1 heterocycles. The second-order valence-electron chi connectivity index (χ2n) is 2.34. The van der Waals surface area contributed by atoms with Crippen molar-refractivity contribution >= 4 is 33.3 Å². The van der Waals surface area contributed by atoms with Crippen LogP contribution in [0.4, 0.5) is 14.6 Å². The van der Waals surface area contributed by atoms with E-state index in [2.05, 4.69) is 20.9 Å². The summed E-state index contributed by atoms with van der Waals surface area (Å²) in [6.07, 6.45) is -2.70. The molecule has 0 saturated carbocycles. The van der Waals surface area contributed by atoms with Gasteiger partial charge < -0.3 is 5.73 Å². The Morgan fingerprint density at radius 1 is 1.62 bits per heavy atom. The Morgan fingerprint density at radius 3 is 2.69 bits per heavy atom.